The van der Waals surface area contributed by atoms with E-state index in [0.29, 0.717) is 13.2 Å². The van der Waals surface area contributed by atoms with Gasteiger partial charge in [0.2, 0.25) is 0 Å². The first kappa shape index (κ1) is 21.3. The first-order valence-electron chi connectivity index (χ1n) is 9.17. The molecule has 2 aromatic heterocycles. The van der Waals surface area contributed by atoms with Crippen LogP contribution < -0.4 is 10.1 Å². The monoisotopic (exact) mass is 430 g/mol. The zero-order chi connectivity index (χ0) is 19.2. The predicted octanol–water partition coefficient (Wildman–Crippen LogP) is 5.16. The molecule has 5 nitrogen and oxygen atoms in total. The average Bonchev–Trinajstić information content (AvgIpc) is 3.35. The second kappa shape index (κ2) is 10.4. The Bertz CT molecular complexity index is 1020. The molecule has 1 N–H and O–H groups in total. The Morgan fingerprint density at radius 1 is 1.10 bits per heavy atom. The van der Waals surface area contributed by atoms with E-state index in [1.165, 1.54) is 5.56 Å². The second-order valence-electron chi connectivity index (χ2n) is 6.46. The summed E-state index contributed by atoms with van der Waals surface area (Å²) in [5, 5.41) is 9.61. The standard InChI is InChI=1S/C22H22N2O3S.ClH/c1-25-19(14-23-13-16-6-3-2-4-7-16)15-26-18-9-5-8-17(12-18)21-22-20(27-24-21)10-11-28-22;/h2-12,19,23H,13-15H2,1H3;1H/t19-;/m1./s1. The van der Waals surface area contributed by atoms with Gasteiger partial charge in [-0.1, -0.05) is 47.6 Å². The number of rotatable bonds is 9. The minimum atomic E-state index is -0.0385. The highest BCUT2D eigenvalue weighted by Crippen LogP contribution is 2.33. The van der Waals surface area contributed by atoms with Gasteiger partial charge >= 0.3 is 0 Å². The van der Waals surface area contributed by atoms with E-state index in [1.54, 1.807) is 18.4 Å². The van der Waals surface area contributed by atoms with Gasteiger partial charge in [0.25, 0.3) is 0 Å². The van der Waals surface area contributed by atoms with Crippen LogP contribution in [0.3, 0.4) is 0 Å². The summed E-state index contributed by atoms with van der Waals surface area (Å²) < 4.78 is 17.9. The van der Waals surface area contributed by atoms with Crippen LogP contribution in [0.2, 0.25) is 0 Å². The van der Waals surface area contributed by atoms with Gasteiger partial charge < -0.3 is 19.3 Å². The highest BCUT2D eigenvalue weighted by atomic mass is 35.5. The van der Waals surface area contributed by atoms with Gasteiger partial charge in [0.05, 0.1) is 0 Å². The number of nitrogens with zero attached hydrogens (tertiary/aromatic N) is 1. The van der Waals surface area contributed by atoms with Gasteiger partial charge in [-0.05, 0) is 29.1 Å². The van der Waals surface area contributed by atoms with Crippen LogP contribution in [-0.4, -0.2) is 31.5 Å². The first-order chi connectivity index (χ1) is 13.8. The van der Waals surface area contributed by atoms with Crippen LogP contribution in [0.1, 0.15) is 5.56 Å². The largest absolute Gasteiger partial charge is 0.491 e. The van der Waals surface area contributed by atoms with Crippen molar-refractivity contribution in [2.24, 2.45) is 0 Å². The van der Waals surface area contributed by atoms with Crippen LogP contribution in [0.4, 0.5) is 0 Å². The Labute approximate surface area is 180 Å². The highest BCUT2D eigenvalue weighted by Gasteiger charge is 2.13. The molecule has 152 valence electrons. The molecular formula is C22H23ClN2O3S. The molecule has 4 aromatic rings. The maximum Gasteiger partial charge on any atom is 0.178 e. The van der Waals surface area contributed by atoms with Crippen molar-refractivity contribution in [2.45, 2.75) is 12.6 Å². The summed E-state index contributed by atoms with van der Waals surface area (Å²) >= 11 is 1.63. The number of nitrogens with one attached hydrogen (secondary N) is 1. The third-order valence-electron chi connectivity index (χ3n) is 4.50. The summed E-state index contributed by atoms with van der Waals surface area (Å²) in [6.45, 7) is 1.98. The molecule has 2 aromatic carbocycles. The van der Waals surface area contributed by atoms with Crippen molar-refractivity contribution in [3.63, 3.8) is 0 Å². The van der Waals surface area contributed by atoms with Crippen LogP contribution in [0.15, 0.2) is 70.6 Å². The van der Waals surface area contributed by atoms with Gasteiger partial charge in [0, 0.05) is 25.8 Å². The Hall–Kier alpha value is -2.38. The van der Waals surface area contributed by atoms with Crippen LogP contribution >= 0.6 is 23.7 Å². The van der Waals surface area contributed by atoms with Crippen molar-refractivity contribution in [1.29, 1.82) is 0 Å². The van der Waals surface area contributed by atoms with E-state index >= 15 is 0 Å². The molecule has 0 fully saturated rings. The molecule has 1 atom stereocenters. The zero-order valence-corrected chi connectivity index (χ0v) is 17.7. The summed E-state index contributed by atoms with van der Waals surface area (Å²) in [7, 11) is 1.71. The molecule has 0 unspecified atom stereocenters. The van der Waals surface area contributed by atoms with Gasteiger partial charge in [-0.25, -0.2) is 0 Å². The summed E-state index contributed by atoms with van der Waals surface area (Å²) in [6, 6.07) is 20.2. The van der Waals surface area contributed by atoms with Crippen molar-refractivity contribution in [2.75, 3.05) is 20.3 Å². The third kappa shape index (κ3) is 5.36. The van der Waals surface area contributed by atoms with Crippen molar-refractivity contribution < 1.29 is 14.0 Å². The summed E-state index contributed by atoms with van der Waals surface area (Å²) in [4.78, 5) is 0. The molecule has 0 saturated heterocycles. The maximum absolute atomic E-state index is 5.97. The zero-order valence-electron chi connectivity index (χ0n) is 16.0. The van der Waals surface area contributed by atoms with Crippen LogP contribution in [-0.2, 0) is 11.3 Å². The average molecular weight is 431 g/mol. The first-order valence-corrected chi connectivity index (χ1v) is 10.0. The molecule has 7 heteroatoms. The fourth-order valence-corrected chi connectivity index (χ4v) is 3.78. The molecule has 0 aliphatic carbocycles. The van der Waals surface area contributed by atoms with E-state index in [9.17, 15) is 0 Å². The lowest BCUT2D eigenvalue weighted by molar-refractivity contribution is 0.0579. The summed E-state index contributed by atoms with van der Waals surface area (Å²) in [6.07, 6.45) is -0.0385. The molecule has 0 radical (unpaired) electrons. The molecule has 0 aliphatic rings. The fourth-order valence-electron chi connectivity index (χ4n) is 2.97. The number of aromatic nitrogens is 1. The van der Waals surface area contributed by atoms with Crippen molar-refractivity contribution in [3.8, 4) is 17.0 Å². The maximum atomic E-state index is 5.97. The molecule has 0 aliphatic heterocycles. The van der Waals surface area contributed by atoms with Crippen molar-refractivity contribution >= 4 is 34.0 Å². The minimum absolute atomic E-state index is 0. The molecular weight excluding hydrogens is 408 g/mol. The number of fused-ring (bicyclic) bond motifs is 1. The fraction of sp³-hybridized carbons (Fsp3) is 0.227. The SMILES string of the molecule is CO[C@H](CNCc1ccccc1)COc1cccc(-c2noc3ccsc23)c1.Cl. The van der Waals surface area contributed by atoms with Gasteiger partial charge in [0.1, 0.15) is 28.9 Å². The Morgan fingerprint density at radius 2 is 1.97 bits per heavy atom. The van der Waals surface area contributed by atoms with E-state index in [1.807, 2.05) is 53.9 Å². The number of hydrogen-bond donors (Lipinski definition) is 1. The number of methoxy groups -OCH3 is 1. The number of benzene rings is 2. The van der Waals surface area contributed by atoms with E-state index in [4.69, 9.17) is 14.0 Å². The molecule has 4 rings (SSSR count). The minimum Gasteiger partial charge on any atom is -0.491 e. The smallest absolute Gasteiger partial charge is 0.178 e. The second-order valence-corrected chi connectivity index (χ2v) is 7.37. The molecule has 2 heterocycles. The van der Waals surface area contributed by atoms with Gasteiger partial charge in [-0.3, -0.25) is 0 Å². The lowest BCUT2D eigenvalue weighted by atomic mass is 10.1. The van der Waals surface area contributed by atoms with Crippen LogP contribution in [0, 0.1) is 0 Å². The molecule has 0 spiro atoms. The van der Waals surface area contributed by atoms with E-state index in [0.717, 1.165) is 33.8 Å². The van der Waals surface area contributed by atoms with Gasteiger partial charge in [0.15, 0.2) is 5.58 Å². The summed E-state index contributed by atoms with van der Waals surface area (Å²) in [5.41, 5.74) is 3.90. The Kier molecular flexibility index (Phi) is 7.66. The van der Waals surface area contributed by atoms with Crippen LogP contribution in [0.25, 0.3) is 21.5 Å². The lowest BCUT2D eigenvalue weighted by Gasteiger charge is -2.17. The van der Waals surface area contributed by atoms with Gasteiger partial charge in [-0.15, -0.1) is 23.7 Å². The normalized spacial score (nSPS) is 11.9. The third-order valence-corrected chi connectivity index (χ3v) is 5.40. The topological polar surface area (TPSA) is 56.5 Å². The lowest BCUT2D eigenvalue weighted by Crippen LogP contribution is -2.32. The van der Waals surface area contributed by atoms with Gasteiger partial charge in [-0.2, -0.15) is 0 Å². The summed E-state index contributed by atoms with van der Waals surface area (Å²) in [5.74, 6) is 0.787. The number of halogens is 1. The number of thiophene rings is 1. The number of ether oxygens (including phenoxy) is 2. The van der Waals surface area contributed by atoms with E-state index in [2.05, 4.69) is 22.6 Å². The Balaban J connectivity index is 0.00000240. The van der Waals surface area contributed by atoms with Crippen molar-refractivity contribution in [3.05, 3.63) is 71.6 Å². The van der Waals surface area contributed by atoms with Crippen molar-refractivity contribution in [1.82, 2.24) is 10.5 Å². The Morgan fingerprint density at radius 3 is 2.79 bits per heavy atom. The van der Waals surface area contributed by atoms with E-state index < -0.39 is 0 Å². The highest BCUT2D eigenvalue weighted by molar-refractivity contribution is 7.17. The van der Waals surface area contributed by atoms with Crippen LogP contribution in [0.5, 0.6) is 5.75 Å². The molecule has 0 amide bonds. The molecule has 0 bridgehead atoms. The number of hydrogen-bond acceptors (Lipinski definition) is 6. The van der Waals surface area contributed by atoms with E-state index in [-0.39, 0.29) is 18.5 Å². The molecule has 29 heavy (non-hydrogen) atoms. The predicted molar refractivity (Wildman–Crippen MR) is 119 cm³/mol. The quantitative estimate of drug-likeness (QED) is 0.397. The molecule has 0 saturated carbocycles.